The van der Waals surface area contributed by atoms with Crippen LogP contribution in [-0.2, 0) is 4.79 Å². The van der Waals surface area contributed by atoms with Gasteiger partial charge in [-0.05, 0) is 32.9 Å². The van der Waals surface area contributed by atoms with Crippen molar-refractivity contribution < 1.29 is 4.79 Å². The largest absolute Gasteiger partial charge is 0.360 e. The Bertz CT molecular complexity index is 440. The summed E-state index contributed by atoms with van der Waals surface area (Å²) < 4.78 is 0. The molecule has 0 aliphatic carbocycles. The third-order valence-corrected chi connectivity index (χ3v) is 3.72. The van der Waals surface area contributed by atoms with Crippen LogP contribution in [0.25, 0.3) is 0 Å². The molecule has 1 aliphatic heterocycles. The maximum absolute atomic E-state index is 12.0. The van der Waals surface area contributed by atoms with Crippen molar-refractivity contribution in [2.75, 3.05) is 23.7 Å². The van der Waals surface area contributed by atoms with Gasteiger partial charge in [-0.15, -0.1) is 11.8 Å². The molecular formula is C14H20N2OS. The van der Waals surface area contributed by atoms with Crippen molar-refractivity contribution in [1.82, 2.24) is 5.32 Å². The van der Waals surface area contributed by atoms with Gasteiger partial charge in [0.15, 0.2) is 0 Å². The van der Waals surface area contributed by atoms with Gasteiger partial charge in [0.2, 0.25) is 5.91 Å². The fraction of sp³-hybridized carbons (Fsp3) is 0.500. The second kappa shape index (κ2) is 5.22. The van der Waals surface area contributed by atoms with E-state index in [2.05, 4.69) is 22.3 Å². The van der Waals surface area contributed by atoms with Crippen LogP contribution < -0.4 is 10.2 Å². The molecule has 98 valence electrons. The summed E-state index contributed by atoms with van der Waals surface area (Å²) in [6.45, 7) is 7.38. The molecule has 2 rings (SSSR count). The number of rotatable bonds is 2. The zero-order chi connectivity index (χ0) is 13.2. The average Bonchev–Trinajstić information content (AvgIpc) is 2.27. The van der Waals surface area contributed by atoms with E-state index in [0.29, 0.717) is 6.54 Å². The summed E-state index contributed by atoms with van der Waals surface area (Å²) >= 11 is 1.86. The van der Waals surface area contributed by atoms with Crippen LogP contribution in [0.5, 0.6) is 0 Å². The normalized spacial score (nSPS) is 15.2. The number of amides is 1. The SMILES string of the molecule is CC(C)(C)NC(=O)CN1CCSc2ccccc21. The molecule has 1 amide bonds. The van der Waals surface area contributed by atoms with Gasteiger partial charge >= 0.3 is 0 Å². The Balaban J connectivity index is 2.05. The van der Waals surface area contributed by atoms with Gasteiger partial charge in [0, 0.05) is 22.7 Å². The highest BCUT2D eigenvalue weighted by Crippen LogP contribution is 2.33. The van der Waals surface area contributed by atoms with E-state index in [4.69, 9.17) is 0 Å². The highest BCUT2D eigenvalue weighted by Gasteiger charge is 2.21. The first-order valence-corrected chi connectivity index (χ1v) is 7.22. The van der Waals surface area contributed by atoms with Crippen LogP contribution in [0.1, 0.15) is 20.8 Å². The molecule has 1 N–H and O–H groups in total. The summed E-state index contributed by atoms with van der Waals surface area (Å²) in [7, 11) is 0. The highest BCUT2D eigenvalue weighted by atomic mass is 32.2. The highest BCUT2D eigenvalue weighted by molar-refractivity contribution is 7.99. The molecule has 1 aromatic carbocycles. The van der Waals surface area contributed by atoms with E-state index >= 15 is 0 Å². The third kappa shape index (κ3) is 3.42. The molecule has 0 atom stereocenters. The van der Waals surface area contributed by atoms with Crippen LogP contribution in [0.15, 0.2) is 29.2 Å². The molecule has 0 saturated heterocycles. The Hall–Kier alpha value is -1.16. The average molecular weight is 264 g/mol. The molecular weight excluding hydrogens is 244 g/mol. The molecule has 18 heavy (non-hydrogen) atoms. The lowest BCUT2D eigenvalue weighted by Gasteiger charge is -2.31. The van der Waals surface area contributed by atoms with Crippen molar-refractivity contribution in [2.45, 2.75) is 31.2 Å². The fourth-order valence-electron chi connectivity index (χ4n) is 2.02. The second-order valence-electron chi connectivity index (χ2n) is 5.54. The lowest BCUT2D eigenvalue weighted by molar-refractivity contribution is -0.121. The minimum absolute atomic E-state index is 0.0872. The Kier molecular flexibility index (Phi) is 3.85. The van der Waals surface area contributed by atoms with Gasteiger partial charge < -0.3 is 10.2 Å². The molecule has 1 aliphatic rings. The number of benzene rings is 1. The first-order chi connectivity index (χ1) is 8.46. The molecule has 0 bridgehead atoms. The van der Waals surface area contributed by atoms with E-state index in [1.807, 2.05) is 44.7 Å². The predicted octanol–water partition coefficient (Wildman–Crippen LogP) is 2.51. The number of hydrogen-bond acceptors (Lipinski definition) is 3. The van der Waals surface area contributed by atoms with Crippen molar-refractivity contribution in [3.05, 3.63) is 24.3 Å². The number of carbonyl (C=O) groups is 1. The van der Waals surface area contributed by atoms with Crippen LogP contribution in [-0.4, -0.2) is 30.3 Å². The summed E-state index contributed by atoms with van der Waals surface area (Å²) in [4.78, 5) is 15.4. The Morgan fingerprint density at radius 3 is 2.83 bits per heavy atom. The first-order valence-electron chi connectivity index (χ1n) is 6.23. The van der Waals surface area contributed by atoms with Crippen LogP contribution in [0.3, 0.4) is 0 Å². The zero-order valence-corrected chi connectivity index (χ0v) is 12.0. The maximum atomic E-state index is 12.0. The van der Waals surface area contributed by atoms with Crippen molar-refractivity contribution >= 4 is 23.4 Å². The summed E-state index contributed by atoms with van der Waals surface area (Å²) in [5.41, 5.74) is 1.01. The maximum Gasteiger partial charge on any atom is 0.239 e. The van der Waals surface area contributed by atoms with Gasteiger partial charge in [-0.2, -0.15) is 0 Å². The van der Waals surface area contributed by atoms with Gasteiger partial charge in [-0.25, -0.2) is 0 Å². The molecule has 0 aromatic heterocycles. The molecule has 0 unspecified atom stereocenters. The molecule has 1 heterocycles. The summed E-state index contributed by atoms with van der Waals surface area (Å²) in [6.07, 6.45) is 0. The standard InChI is InChI=1S/C14H20N2OS/c1-14(2,3)15-13(17)10-16-8-9-18-12-7-5-4-6-11(12)16/h4-7H,8-10H2,1-3H3,(H,15,17). The lowest BCUT2D eigenvalue weighted by Crippen LogP contribution is -2.47. The molecule has 1 aromatic rings. The molecule has 0 saturated carbocycles. The summed E-state index contributed by atoms with van der Waals surface area (Å²) in [5.74, 6) is 1.13. The van der Waals surface area contributed by atoms with E-state index < -0.39 is 0 Å². The van der Waals surface area contributed by atoms with E-state index in [0.717, 1.165) is 12.3 Å². The lowest BCUT2D eigenvalue weighted by atomic mass is 10.1. The fourth-order valence-corrected chi connectivity index (χ4v) is 3.07. The Morgan fingerprint density at radius 1 is 1.39 bits per heavy atom. The molecule has 0 fully saturated rings. The van der Waals surface area contributed by atoms with Crippen LogP contribution in [0.2, 0.25) is 0 Å². The number of nitrogens with one attached hydrogen (secondary N) is 1. The minimum atomic E-state index is -0.166. The number of carbonyl (C=O) groups excluding carboxylic acids is 1. The number of hydrogen-bond donors (Lipinski definition) is 1. The van der Waals surface area contributed by atoms with Crippen molar-refractivity contribution in [2.24, 2.45) is 0 Å². The van der Waals surface area contributed by atoms with E-state index in [-0.39, 0.29) is 11.4 Å². The summed E-state index contributed by atoms with van der Waals surface area (Å²) in [6, 6.07) is 8.28. The van der Waals surface area contributed by atoms with Gasteiger partial charge in [0.25, 0.3) is 0 Å². The van der Waals surface area contributed by atoms with Gasteiger partial charge in [-0.3, -0.25) is 4.79 Å². The topological polar surface area (TPSA) is 32.3 Å². The summed E-state index contributed by atoms with van der Waals surface area (Å²) in [5, 5.41) is 3.01. The number of anilines is 1. The van der Waals surface area contributed by atoms with E-state index in [9.17, 15) is 4.79 Å². The van der Waals surface area contributed by atoms with Crippen LogP contribution >= 0.6 is 11.8 Å². The minimum Gasteiger partial charge on any atom is -0.360 e. The zero-order valence-electron chi connectivity index (χ0n) is 11.2. The number of thioether (sulfide) groups is 1. The first kappa shape index (κ1) is 13.3. The monoisotopic (exact) mass is 264 g/mol. The van der Waals surface area contributed by atoms with E-state index in [1.165, 1.54) is 10.6 Å². The molecule has 0 spiro atoms. The van der Waals surface area contributed by atoms with Crippen molar-refractivity contribution in [1.29, 1.82) is 0 Å². The van der Waals surface area contributed by atoms with Gasteiger partial charge in [-0.1, -0.05) is 12.1 Å². The van der Waals surface area contributed by atoms with E-state index in [1.54, 1.807) is 0 Å². The Labute approximate surface area is 113 Å². The quantitative estimate of drug-likeness (QED) is 0.891. The number of fused-ring (bicyclic) bond motifs is 1. The molecule has 0 radical (unpaired) electrons. The van der Waals surface area contributed by atoms with Crippen molar-refractivity contribution in [3.63, 3.8) is 0 Å². The molecule has 3 nitrogen and oxygen atoms in total. The van der Waals surface area contributed by atoms with Gasteiger partial charge in [0.05, 0.1) is 12.2 Å². The van der Waals surface area contributed by atoms with Crippen LogP contribution in [0.4, 0.5) is 5.69 Å². The smallest absolute Gasteiger partial charge is 0.239 e. The molecule has 4 heteroatoms. The Morgan fingerprint density at radius 2 is 2.11 bits per heavy atom. The number of nitrogens with zero attached hydrogens (tertiary/aromatic N) is 1. The second-order valence-corrected chi connectivity index (χ2v) is 6.67. The van der Waals surface area contributed by atoms with Gasteiger partial charge in [0.1, 0.15) is 0 Å². The predicted molar refractivity (Wildman–Crippen MR) is 77.3 cm³/mol. The third-order valence-electron chi connectivity index (χ3n) is 2.67. The van der Waals surface area contributed by atoms with Crippen LogP contribution in [0, 0.1) is 0 Å². The number of para-hydroxylation sites is 1. The van der Waals surface area contributed by atoms with Crippen molar-refractivity contribution in [3.8, 4) is 0 Å².